The van der Waals surface area contributed by atoms with E-state index in [0.29, 0.717) is 23.6 Å². The van der Waals surface area contributed by atoms with E-state index in [1.54, 1.807) is 25.1 Å². The molecule has 0 aliphatic carbocycles. The van der Waals surface area contributed by atoms with Crippen molar-refractivity contribution in [2.45, 2.75) is 33.7 Å². The summed E-state index contributed by atoms with van der Waals surface area (Å²) in [5.74, 6) is 0.463. The fraction of sp³-hybridized carbons (Fsp3) is 0.353. The Labute approximate surface area is 134 Å². The number of carbonyl (C=O) groups is 1. The van der Waals surface area contributed by atoms with E-state index in [9.17, 15) is 4.79 Å². The second-order valence-corrected chi connectivity index (χ2v) is 5.85. The minimum atomic E-state index is -0.130. The van der Waals surface area contributed by atoms with E-state index in [2.05, 4.69) is 15.4 Å². The van der Waals surface area contributed by atoms with Gasteiger partial charge in [-0.15, -0.1) is 0 Å². The van der Waals surface area contributed by atoms with Gasteiger partial charge >= 0.3 is 0 Å². The number of oxazole rings is 1. The molecule has 3 rings (SSSR count). The third kappa shape index (κ3) is 3.11. The first-order chi connectivity index (χ1) is 10.9. The highest BCUT2D eigenvalue weighted by Gasteiger charge is 2.13. The summed E-state index contributed by atoms with van der Waals surface area (Å²) in [6.45, 7) is 8.30. The summed E-state index contributed by atoms with van der Waals surface area (Å²) >= 11 is 0. The Morgan fingerprint density at radius 1 is 1.30 bits per heavy atom. The molecular weight excluding hydrogens is 292 g/mol. The van der Waals surface area contributed by atoms with Crippen molar-refractivity contribution < 1.29 is 9.21 Å². The van der Waals surface area contributed by atoms with E-state index in [1.807, 2.05) is 31.5 Å². The lowest BCUT2D eigenvalue weighted by Gasteiger charge is -2.15. The molecule has 0 spiro atoms. The molecule has 0 aliphatic rings. The number of nitrogens with one attached hydrogen (secondary N) is 1. The summed E-state index contributed by atoms with van der Waals surface area (Å²) in [6, 6.07) is 7.39. The summed E-state index contributed by atoms with van der Waals surface area (Å²) < 4.78 is 7.40. The number of amides is 1. The van der Waals surface area contributed by atoms with Gasteiger partial charge in [0.2, 0.25) is 0 Å². The predicted octanol–water partition coefficient (Wildman–Crippen LogP) is 2.94. The molecule has 0 radical (unpaired) electrons. The number of benzene rings is 1. The van der Waals surface area contributed by atoms with Crippen LogP contribution in [0.4, 0.5) is 0 Å². The monoisotopic (exact) mass is 312 g/mol. The summed E-state index contributed by atoms with van der Waals surface area (Å²) in [6.07, 6.45) is 0. The molecule has 1 atom stereocenters. The highest BCUT2D eigenvalue weighted by molar-refractivity contribution is 5.97. The number of hydrogen-bond donors (Lipinski definition) is 1. The van der Waals surface area contributed by atoms with Crippen LogP contribution in [0.2, 0.25) is 0 Å². The number of rotatable bonds is 4. The SMILES string of the molecule is Cc1cc(C)n([C@@H](C)CNC(=O)c2ccc3nc(C)oc3c2)n1. The zero-order valence-corrected chi connectivity index (χ0v) is 13.8. The lowest BCUT2D eigenvalue weighted by atomic mass is 10.2. The Balaban J connectivity index is 1.69. The fourth-order valence-corrected chi connectivity index (χ4v) is 2.70. The largest absolute Gasteiger partial charge is 0.441 e. The standard InChI is InChI=1S/C17H20N4O2/c1-10-7-11(2)21(20-10)12(3)9-18-17(22)14-5-6-15-16(8-14)23-13(4)19-15/h5-8,12H,9H2,1-4H3,(H,18,22)/t12-/m0/s1. The number of aryl methyl sites for hydroxylation is 3. The van der Waals surface area contributed by atoms with Gasteiger partial charge in [-0.1, -0.05) is 0 Å². The van der Waals surface area contributed by atoms with Crippen LogP contribution in [-0.2, 0) is 0 Å². The number of nitrogens with zero attached hydrogens (tertiary/aromatic N) is 3. The molecule has 3 aromatic rings. The van der Waals surface area contributed by atoms with Gasteiger partial charge in [0.25, 0.3) is 5.91 Å². The normalized spacial score (nSPS) is 12.5. The molecular formula is C17H20N4O2. The third-order valence-corrected chi connectivity index (χ3v) is 3.78. The Hall–Kier alpha value is -2.63. The number of aromatic nitrogens is 3. The fourth-order valence-electron chi connectivity index (χ4n) is 2.70. The average Bonchev–Trinajstić information content (AvgIpc) is 3.04. The van der Waals surface area contributed by atoms with Crippen molar-refractivity contribution in [1.82, 2.24) is 20.1 Å². The average molecular weight is 312 g/mol. The Morgan fingerprint density at radius 2 is 2.09 bits per heavy atom. The highest BCUT2D eigenvalue weighted by atomic mass is 16.3. The second kappa shape index (κ2) is 5.87. The van der Waals surface area contributed by atoms with Crippen LogP contribution in [0.15, 0.2) is 28.7 Å². The van der Waals surface area contributed by atoms with Gasteiger partial charge in [0.1, 0.15) is 5.52 Å². The molecule has 1 aromatic carbocycles. The lowest BCUT2D eigenvalue weighted by Crippen LogP contribution is -2.30. The number of carbonyl (C=O) groups excluding carboxylic acids is 1. The van der Waals surface area contributed by atoms with Crippen LogP contribution >= 0.6 is 0 Å². The lowest BCUT2D eigenvalue weighted by molar-refractivity contribution is 0.0947. The molecule has 0 unspecified atom stereocenters. The second-order valence-electron chi connectivity index (χ2n) is 5.85. The predicted molar refractivity (Wildman–Crippen MR) is 87.5 cm³/mol. The van der Waals surface area contributed by atoms with Crippen molar-refractivity contribution in [3.8, 4) is 0 Å². The van der Waals surface area contributed by atoms with E-state index in [1.165, 1.54) is 0 Å². The van der Waals surface area contributed by atoms with Crippen LogP contribution in [0.3, 0.4) is 0 Å². The molecule has 0 bridgehead atoms. The van der Waals surface area contributed by atoms with E-state index in [-0.39, 0.29) is 11.9 Å². The molecule has 2 heterocycles. The Kier molecular flexibility index (Phi) is 3.90. The summed E-state index contributed by atoms with van der Waals surface area (Å²) in [4.78, 5) is 16.5. The third-order valence-electron chi connectivity index (χ3n) is 3.78. The van der Waals surface area contributed by atoms with E-state index in [0.717, 1.165) is 16.9 Å². The van der Waals surface area contributed by atoms with Crippen LogP contribution in [0, 0.1) is 20.8 Å². The van der Waals surface area contributed by atoms with Gasteiger partial charge < -0.3 is 9.73 Å². The molecule has 1 N–H and O–H groups in total. The number of hydrogen-bond acceptors (Lipinski definition) is 4. The smallest absolute Gasteiger partial charge is 0.251 e. The topological polar surface area (TPSA) is 73.0 Å². The van der Waals surface area contributed by atoms with Gasteiger partial charge in [-0.2, -0.15) is 5.10 Å². The van der Waals surface area contributed by atoms with Gasteiger partial charge in [-0.05, 0) is 45.0 Å². The maximum atomic E-state index is 12.3. The van der Waals surface area contributed by atoms with Gasteiger partial charge in [0, 0.05) is 24.7 Å². The number of fused-ring (bicyclic) bond motifs is 1. The summed E-state index contributed by atoms with van der Waals surface area (Å²) in [5, 5.41) is 7.39. The molecule has 23 heavy (non-hydrogen) atoms. The Morgan fingerprint density at radius 3 is 2.78 bits per heavy atom. The summed E-state index contributed by atoms with van der Waals surface area (Å²) in [7, 11) is 0. The van der Waals surface area contributed by atoms with Crippen LogP contribution in [0.25, 0.3) is 11.1 Å². The quantitative estimate of drug-likeness (QED) is 0.804. The first kappa shape index (κ1) is 15.3. The zero-order chi connectivity index (χ0) is 16.6. The van der Waals surface area contributed by atoms with Crippen LogP contribution in [0.1, 0.15) is 40.6 Å². The Bertz CT molecular complexity index is 863. The first-order valence-electron chi connectivity index (χ1n) is 7.62. The molecule has 6 heteroatoms. The molecule has 120 valence electrons. The van der Waals surface area contributed by atoms with E-state index in [4.69, 9.17) is 4.42 Å². The van der Waals surface area contributed by atoms with Gasteiger partial charge in [-0.3, -0.25) is 9.48 Å². The molecule has 6 nitrogen and oxygen atoms in total. The minimum Gasteiger partial charge on any atom is -0.441 e. The zero-order valence-electron chi connectivity index (χ0n) is 13.8. The van der Waals surface area contributed by atoms with Crippen LogP contribution in [0.5, 0.6) is 0 Å². The molecule has 0 saturated heterocycles. The molecule has 0 aliphatic heterocycles. The van der Waals surface area contributed by atoms with Gasteiger partial charge in [0.05, 0.1) is 11.7 Å². The van der Waals surface area contributed by atoms with E-state index >= 15 is 0 Å². The van der Waals surface area contributed by atoms with E-state index < -0.39 is 0 Å². The maximum Gasteiger partial charge on any atom is 0.251 e. The molecule has 1 amide bonds. The minimum absolute atomic E-state index is 0.0869. The molecule has 2 aromatic heterocycles. The van der Waals surface area contributed by atoms with Crippen molar-refractivity contribution in [2.24, 2.45) is 0 Å². The van der Waals surface area contributed by atoms with Crippen molar-refractivity contribution >= 4 is 17.0 Å². The van der Waals surface area contributed by atoms with Crippen molar-refractivity contribution in [2.75, 3.05) is 6.54 Å². The first-order valence-corrected chi connectivity index (χ1v) is 7.62. The highest BCUT2D eigenvalue weighted by Crippen LogP contribution is 2.17. The van der Waals surface area contributed by atoms with Crippen LogP contribution < -0.4 is 5.32 Å². The molecule has 0 fully saturated rings. The maximum absolute atomic E-state index is 12.3. The van der Waals surface area contributed by atoms with Crippen molar-refractivity contribution in [3.05, 3.63) is 47.1 Å². The molecule has 0 saturated carbocycles. The van der Waals surface area contributed by atoms with Gasteiger partial charge in [-0.25, -0.2) is 4.98 Å². The van der Waals surface area contributed by atoms with Gasteiger partial charge in [0.15, 0.2) is 11.5 Å². The van der Waals surface area contributed by atoms with Crippen molar-refractivity contribution in [1.29, 1.82) is 0 Å². The van der Waals surface area contributed by atoms with Crippen LogP contribution in [-0.4, -0.2) is 27.2 Å². The summed E-state index contributed by atoms with van der Waals surface area (Å²) in [5.41, 5.74) is 4.01. The van der Waals surface area contributed by atoms with Crippen molar-refractivity contribution in [3.63, 3.8) is 0 Å².